The fraction of sp³-hybridized carbons (Fsp3) is 0.667. The van der Waals surface area contributed by atoms with E-state index in [1.165, 1.54) is 12.0 Å². The van der Waals surface area contributed by atoms with Crippen molar-refractivity contribution >= 4 is 11.6 Å². The van der Waals surface area contributed by atoms with Gasteiger partial charge in [0.1, 0.15) is 0 Å². The first-order valence-electron chi connectivity index (χ1n) is 2.61. The van der Waals surface area contributed by atoms with Gasteiger partial charge in [-0.15, -0.1) is 11.6 Å². The highest BCUT2D eigenvalue weighted by atomic mass is 35.5. The van der Waals surface area contributed by atoms with Gasteiger partial charge in [-0.1, -0.05) is 11.6 Å². The van der Waals surface area contributed by atoms with Crippen molar-refractivity contribution in [2.45, 2.75) is 25.1 Å². The zero-order valence-electron chi connectivity index (χ0n) is 4.45. The van der Waals surface area contributed by atoms with Crippen LogP contribution in [0.4, 0.5) is 0 Å². The maximum atomic E-state index is 5.79. The summed E-state index contributed by atoms with van der Waals surface area (Å²) >= 11 is 5.79. The third kappa shape index (κ3) is 0.973. The molecule has 0 spiro atoms. The van der Waals surface area contributed by atoms with E-state index in [1.54, 1.807) is 0 Å². The van der Waals surface area contributed by atoms with E-state index in [1.807, 2.05) is 0 Å². The van der Waals surface area contributed by atoms with Gasteiger partial charge in [-0.2, -0.15) is 0 Å². The van der Waals surface area contributed by atoms with Gasteiger partial charge < -0.3 is 0 Å². The second-order valence-corrected chi connectivity index (χ2v) is 2.52. The van der Waals surface area contributed by atoms with Crippen LogP contribution in [0.3, 0.4) is 0 Å². The summed E-state index contributed by atoms with van der Waals surface area (Å²) in [5.41, 5.74) is 1.35. The summed E-state index contributed by atoms with van der Waals surface area (Å²) in [5, 5.41) is 0.347. The van der Waals surface area contributed by atoms with Crippen molar-refractivity contribution in [3.63, 3.8) is 0 Å². The number of hydrogen-bond donors (Lipinski definition) is 0. The Morgan fingerprint density at radius 2 is 2.57 bits per heavy atom. The molecule has 40 valence electrons. The minimum atomic E-state index is 0.347. The lowest BCUT2D eigenvalue weighted by Crippen LogP contribution is -1.89. The van der Waals surface area contributed by atoms with Gasteiger partial charge in [0.25, 0.3) is 0 Å². The van der Waals surface area contributed by atoms with E-state index in [4.69, 9.17) is 11.6 Å². The van der Waals surface area contributed by atoms with Gasteiger partial charge >= 0.3 is 0 Å². The van der Waals surface area contributed by atoms with Crippen molar-refractivity contribution in [2.75, 3.05) is 0 Å². The maximum Gasteiger partial charge on any atom is 0.0545 e. The molecule has 0 N–H and O–H groups in total. The van der Waals surface area contributed by atoms with Gasteiger partial charge in [0, 0.05) is 0 Å². The fourth-order valence-corrected chi connectivity index (χ4v) is 1.03. The first-order chi connectivity index (χ1) is 3.30. The van der Waals surface area contributed by atoms with E-state index in [0.717, 1.165) is 6.42 Å². The van der Waals surface area contributed by atoms with Gasteiger partial charge in [0.15, 0.2) is 0 Å². The minimum absolute atomic E-state index is 0.347. The summed E-state index contributed by atoms with van der Waals surface area (Å²) in [6.07, 6.45) is 4.53. The lowest BCUT2D eigenvalue weighted by Gasteiger charge is -1.95. The van der Waals surface area contributed by atoms with E-state index in [9.17, 15) is 0 Å². The molecule has 1 aliphatic rings. The molecule has 0 saturated heterocycles. The molecular formula is C6H9Cl. The molecule has 1 aliphatic carbocycles. The van der Waals surface area contributed by atoms with E-state index >= 15 is 0 Å². The topological polar surface area (TPSA) is 0 Å². The molecule has 1 atom stereocenters. The van der Waals surface area contributed by atoms with Crippen molar-refractivity contribution in [2.24, 2.45) is 0 Å². The summed E-state index contributed by atoms with van der Waals surface area (Å²) in [6, 6.07) is 0. The quantitative estimate of drug-likeness (QED) is 0.337. The van der Waals surface area contributed by atoms with Crippen LogP contribution in [0.5, 0.6) is 0 Å². The molecule has 0 bridgehead atoms. The smallest absolute Gasteiger partial charge is 0.0545 e. The highest BCUT2D eigenvalue weighted by Crippen LogP contribution is 2.22. The Morgan fingerprint density at radius 3 is 2.71 bits per heavy atom. The monoisotopic (exact) mass is 116 g/mol. The second-order valence-electron chi connectivity index (χ2n) is 1.99. The van der Waals surface area contributed by atoms with Gasteiger partial charge in [0.05, 0.1) is 5.38 Å². The van der Waals surface area contributed by atoms with Crippen LogP contribution in [0, 0.1) is 0 Å². The molecule has 1 heteroatoms. The molecule has 1 unspecified atom stereocenters. The molecule has 0 radical (unpaired) electrons. The van der Waals surface area contributed by atoms with Crippen molar-refractivity contribution in [1.29, 1.82) is 0 Å². The molecule has 0 aromatic carbocycles. The molecule has 0 aromatic heterocycles. The fourth-order valence-electron chi connectivity index (χ4n) is 0.813. The van der Waals surface area contributed by atoms with Gasteiger partial charge in [0.2, 0.25) is 0 Å². The molecule has 0 heterocycles. The number of alkyl halides is 1. The van der Waals surface area contributed by atoms with Crippen LogP contribution >= 0.6 is 11.6 Å². The molecule has 7 heavy (non-hydrogen) atoms. The predicted molar refractivity (Wildman–Crippen MR) is 32.6 cm³/mol. The molecular weight excluding hydrogens is 108 g/mol. The zero-order chi connectivity index (χ0) is 5.28. The predicted octanol–water partition coefficient (Wildman–Crippen LogP) is 2.33. The molecule has 0 saturated carbocycles. The molecule has 0 aliphatic heterocycles. The lowest BCUT2D eigenvalue weighted by atomic mass is 10.3. The van der Waals surface area contributed by atoms with Gasteiger partial charge in [-0.05, 0) is 19.8 Å². The van der Waals surface area contributed by atoms with Gasteiger partial charge in [-0.3, -0.25) is 0 Å². The highest BCUT2D eigenvalue weighted by Gasteiger charge is 2.10. The maximum absolute atomic E-state index is 5.79. The normalized spacial score (nSPS) is 30.6. The van der Waals surface area contributed by atoms with Crippen LogP contribution in [0.25, 0.3) is 0 Å². The minimum Gasteiger partial charge on any atom is -0.118 e. The third-order valence-electron chi connectivity index (χ3n) is 1.38. The Balaban J connectivity index is 2.54. The molecule has 0 fully saturated rings. The van der Waals surface area contributed by atoms with E-state index < -0.39 is 0 Å². The van der Waals surface area contributed by atoms with Crippen LogP contribution < -0.4 is 0 Å². The number of allylic oxidation sites excluding steroid dienone is 2. The Morgan fingerprint density at radius 1 is 1.86 bits per heavy atom. The van der Waals surface area contributed by atoms with Gasteiger partial charge in [-0.25, -0.2) is 0 Å². The first kappa shape index (κ1) is 5.17. The van der Waals surface area contributed by atoms with Crippen LogP contribution in [-0.2, 0) is 0 Å². The Hall–Kier alpha value is 0.0300. The highest BCUT2D eigenvalue weighted by molar-refractivity contribution is 6.22. The standard InChI is InChI=1S/C6H9Cl/c1-5-3-2-4-6(5)7/h3,6H,2,4H2,1H3. The first-order valence-corrected chi connectivity index (χ1v) is 3.05. The van der Waals surface area contributed by atoms with Crippen molar-refractivity contribution in [3.05, 3.63) is 11.6 Å². The summed E-state index contributed by atoms with van der Waals surface area (Å²) in [4.78, 5) is 0. The molecule has 0 amide bonds. The Labute approximate surface area is 49.2 Å². The summed E-state index contributed by atoms with van der Waals surface area (Å²) in [5.74, 6) is 0. The number of rotatable bonds is 0. The average molecular weight is 117 g/mol. The van der Waals surface area contributed by atoms with Crippen LogP contribution in [-0.4, -0.2) is 5.38 Å². The lowest BCUT2D eigenvalue weighted by molar-refractivity contribution is 0.914. The molecule has 0 aromatic rings. The number of halogens is 1. The third-order valence-corrected chi connectivity index (χ3v) is 1.94. The zero-order valence-corrected chi connectivity index (χ0v) is 5.20. The van der Waals surface area contributed by atoms with E-state index in [-0.39, 0.29) is 0 Å². The van der Waals surface area contributed by atoms with Crippen LogP contribution in [0.15, 0.2) is 11.6 Å². The Kier molecular flexibility index (Phi) is 1.38. The van der Waals surface area contributed by atoms with Crippen molar-refractivity contribution < 1.29 is 0 Å². The summed E-state index contributed by atoms with van der Waals surface area (Å²) in [7, 11) is 0. The van der Waals surface area contributed by atoms with E-state index in [0.29, 0.717) is 5.38 Å². The van der Waals surface area contributed by atoms with Crippen LogP contribution in [0.2, 0.25) is 0 Å². The van der Waals surface area contributed by atoms with E-state index in [2.05, 4.69) is 13.0 Å². The molecule has 1 rings (SSSR count). The Bertz CT molecular complexity index is 94.4. The summed E-state index contributed by atoms with van der Waals surface area (Å²) < 4.78 is 0. The van der Waals surface area contributed by atoms with Crippen LogP contribution in [0.1, 0.15) is 19.8 Å². The van der Waals surface area contributed by atoms with Crippen molar-refractivity contribution in [1.82, 2.24) is 0 Å². The molecule has 0 nitrogen and oxygen atoms in total. The average Bonchev–Trinajstić information content (AvgIpc) is 1.91. The summed E-state index contributed by atoms with van der Waals surface area (Å²) in [6.45, 7) is 2.09. The van der Waals surface area contributed by atoms with Crippen molar-refractivity contribution in [3.8, 4) is 0 Å². The second kappa shape index (κ2) is 1.87. The number of hydrogen-bond acceptors (Lipinski definition) is 0. The SMILES string of the molecule is CC1=CCCC1Cl. The largest absolute Gasteiger partial charge is 0.118 e.